The lowest BCUT2D eigenvalue weighted by Crippen LogP contribution is -2.41. The van der Waals surface area contributed by atoms with Crippen molar-refractivity contribution in [2.24, 2.45) is 0 Å². The van der Waals surface area contributed by atoms with Crippen LogP contribution in [-0.2, 0) is 6.54 Å². The fourth-order valence-electron chi connectivity index (χ4n) is 4.02. The predicted molar refractivity (Wildman–Crippen MR) is 114 cm³/mol. The van der Waals surface area contributed by atoms with Gasteiger partial charge in [-0.3, -0.25) is 9.78 Å². The van der Waals surface area contributed by atoms with Gasteiger partial charge in [0.2, 0.25) is 0 Å². The van der Waals surface area contributed by atoms with E-state index in [0.717, 1.165) is 47.9 Å². The van der Waals surface area contributed by atoms with Crippen molar-refractivity contribution in [3.63, 3.8) is 0 Å². The Bertz CT molecular complexity index is 1000. The summed E-state index contributed by atoms with van der Waals surface area (Å²) < 4.78 is 5.33. The molecular weight excluding hydrogens is 386 g/mol. The van der Waals surface area contributed by atoms with Gasteiger partial charge in [-0.25, -0.2) is 4.98 Å². The summed E-state index contributed by atoms with van der Waals surface area (Å²) in [5.41, 5.74) is 2.31. The number of halogens is 1. The van der Waals surface area contributed by atoms with Crippen LogP contribution in [0.3, 0.4) is 0 Å². The third-order valence-corrected chi connectivity index (χ3v) is 5.92. The molecule has 2 heterocycles. The van der Waals surface area contributed by atoms with E-state index in [1.807, 2.05) is 29.2 Å². The van der Waals surface area contributed by atoms with E-state index in [1.165, 1.54) is 6.42 Å². The highest BCUT2D eigenvalue weighted by atomic mass is 35.5. The molecule has 0 bridgehead atoms. The number of hydrogen-bond acceptors (Lipinski definition) is 4. The Labute approximate surface area is 175 Å². The number of nitrogens with zero attached hydrogens (tertiary/aromatic N) is 3. The quantitative estimate of drug-likeness (QED) is 0.539. The van der Waals surface area contributed by atoms with E-state index in [4.69, 9.17) is 16.3 Å². The van der Waals surface area contributed by atoms with Crippen molar-refractivity contribution in [2.75, 3.05) is 7.11 Å². The van der Waals surface area contributed by atoms with Crippen LogP contribution < -0.4 is 4.74 Å². The molecule has 0 unspecified atom stereocenters. The van der Waals surface area contributed by atoms with Crippen molar-refractivity contribution in [1.82, 2.24) is 14.9 Å². The maximum absolute atomic E-state index is 13.3. The summed E-state index contributed by atoms with van der Waals surface area (Å²) in [4.78, 5) is 23.9. The summed E-state index contributed by atoms with van der Waals surface area (Å²) in [6.07, 6.45) is 8.86. The van der Waals surface area contributed by atoms with Gasteiger partial charge >= 0.3 is 0 Å². The molecule has 4 rings (SSSR count). The Hall–Kier alpha value is -2.66. The average molecular weight is 410 g/mol. The van der Waals surface area contributed by atoms with Gasteiger partial charge in [0.15, 0.2) is 0 Å². The minimum absolute atomic E-state index is 0.0149. The van der Waals surface area contributed by atoms with E-state index in [1.54, 1.807) is 31.6 Å². The minimum atomic E-state index is 0.0149. The standard InChI is InChI=1S/C23H24ClN3O2/c1-29-20-7-8-21-17(14-20)13-18(22(24)26-21)15-27(19-5-3-2-4-6-19)23(28)16-9-11-25-12-10-16/h7-14,19H,2-6,15H2,1H3. The summed E-state index contributed by atoms with van der Waals surface area (Å²) in [7, 11) is 1.64. The molecule has 150 valence electrons. The number of methoxy groups -OCH3 is 1. The number of rotatable bonds is 5. The van der Waals surface area contributed by atoms with Crippen LogP contribution in [0.25, 0.3) is 10.9 Å². The molecule has 6 heteroatoms. The zero-order chi connectivity index (χ0) is 20.2. The Morgan fingerprint density at radius 2 is 1.90 bits per heavy atom. The molecule has 1 aromatic carbocycles. The molecule has 1 aliphatic rings. The summed E-state index contributed by atoms with van der Waals surface area (Å²) in [5.74, 6) is 0.783. The van der Waals surface area contributed by atoms with Gasteiger partial charge in [0.05, 0.1) is 12.6 Å². The Balaban J connectivity index is 1.69. The number of hydrogen-bond donors (Lipinski definition) is 0. The molecule has 0 radical (unpaired) electrons. The number of fused-ring (bicyclic) bond motifs is 1. The van der Waals surface area contributed by atoms with Gasteiger partial charge in [-0.15, -0.1) is 0 Å². The first kappa shape index (κ1) is 19.6. The van der Waals surface area contributed by atoms with Crippen molar-refractivity contribution < 1.29 is 9.53 Å². The Morgan fingerprint density at radius 1 is 1.14 bits per heavy atom. The first-order chi connectivity index (χ1) is 14.2. The zero-order valence-electron chi connectivity index (χ0n) is 16.5. The second kappa shape index (κ2) is 8.78. The lowest BCUT2D eigenvalue weighted by molar-refractivity contribution is 0.0614. The number of amides is 1. The average Bonchev–Trinajstić information content (AvgIpc) is 2.78. The van der Waals surface area contributed by atoms with Gasteiger partial charge in [-0.2, -0.15) is 0 Å². The van der Waals surface area contributed by atoms with Crippen LogP contribution in [0.1, 0.15) is 48.0 Å². The number of pyridine rings is 2. The van der Waals surface area contributed by atoms with Crippen LogP contribution in [0, 0.1) is 0 Å². The molecule has 1 amide bonds. The first-order valence-corrected chi connectivity index (χ1v) is 10.4. The second-order valence-corrected chi connectivity index (χ2v) is 7.82. The van der Waals surface area contributed by atoms with Gasteiger partial charge in [-0.1, -0.05) is 30.9 Å². The zero-order valence-corrected chi connectivity index (χ0v) is 17.2. The van der Waals surface area contributed by atoms with Crippen molar-refractivity contribution in [2.45, 2.75) is 44.7 Å². The number of carbonyl (C=O) groups is 1. The summed E-state index contributed by atoms with van der Waals surface area (Å²) in [6.45, 7) is 0.435. The second-order valence-electron chi connectivity index (χ2n) is 7.46. The molecule has 0 atom stereocenters. The maximum Gasteiger partial charge on any atom is 0.254 e. The van der Waals surface area contributed by atoms with Crippen molar-refractivity contribution in [3.8, 4) is 5.75 Å². The highest BCUT2D eigenvalue weighted by molar-refractivity contribution is 6.30. The van der Waals surface area contributed by atoms with Crippen LogP contribution in [0.2, 0.25) is 5.15 Å². The van der Waals surface area contributed by atoms with Crippen LogP contribution in [0.5, 0.6) is 5.75 Å². The van der Waals surface area contributed by atoms with E-state index in [0.29, 0.717) is 17.3 Å². The molecular formula is C23H24ClN3O2. The number of benzene rings is 1. The SMILES string of the molecule is COc1ccc2nc(Cl)c(CN(C(=O)c3ccncc3)C3CCCCC3)cc2c1. The molecule has 0 N–H and O–H groups in total. The van der Waals surface area contributed by atoms with E-state index >= 15 is 0 Å². The van der Waals surface area contributed by atoms with Crippen molar-refractivity contribution in [1.29, 1.82) is 0 Å². The maximum atomic E-state index is 13.3. The van der Waals surface area contributed by atoms with Crippen LogP contribution in [-0.4, -0.2) is 33.9 Å². The molecule has 1 saturated carbocycles. The van der Waals surface area contributed by atoms with E-state index in [9.17, 15) is 4.79 Å². The Morgan fingerprint density at radius 3 is 2.62 bits per heavy atom. The third kappa shape index (κ3) is 4.35. The molecule has 2 aromatic heterocycles. The lowest BCUT2D eigenvalue weighted by atomic mass is 9.93. The molecule has 0 aliphatic heterocycles. The molecule has 0 saturated heterocycles. The van der Waals surface area contributed by atoms with Crippen LogP contribution >= 0.6 is 11.6 Å². The van der Waals surface area contributed by atoms with Gasteiger partial charge in [0, 0.05) is 41.5 Å². The van der Waals surface area contributed by atoms with E-state index in [-0.39, 0.29) is 11.9 Å². The predicted octanol–water partition coefficient (Wildman–Crippen LogP) is 5.27. The Kier molecular flexibility index (Phi) is 5.95. The topological polar surface area (TPSA) is 55.3 Å². The number of ether oxygens (including phenoxy) is 1. The molecule has 5 nitrogen and oxygen atoms in total. The van der Waals surface area contributed by atoms with Crippen LogP contribution in [0.4, 0.5) is 0 Å². The molecule has 1 aliphatic carbocycles. The fourth-order valence-corrected chi connectivity index (χ4v) is 4.22. The third-order valence-electron chi connectivity index (χ3n) is 5.59. The first-order valence-electron chi connectivity index (χ1n) is 10.00. The van der Waals surface area contributed by atoms with Gasteiger partial charge in [0.1, 0.15) is 10.9 Å². The molecule has 3 aromatic rings. The number of aromatic nitrogens is 2. The normalized spacial score (nSPS) is 14.7. The monoisotopic (exact) mass is 409 g/mol. The summed E-state index contributed by atoms with van der Waals surface area (Å²) in [5, 5.41) is 1.38. The van der Waals surface area contributed by atoms with Crippen molar-refractivity contribution >= 4 is 28.4 Å². The molecule has 0 spiro atoms. The molecule has 1 fully saturated rings. The van der Waals surface area contributed by atoms with Crippen molar-refractivity contribution in [3.05, 3.63) is 65.1 Å². The highest BCUT2D eigenvalue weighted by Gasteiger charge is 2.27. The minimum Gasteiger partial charge on any atom is -0.497 e. The van der Waals surface area contributed by atoms with Gasteiger partial charge in [0.25, 0.3) is 5.91 Å². The fraction of sp³-hybridized carbons (Fsp3) is 0.348. The van der Waals surface area contributed by atoms with Gasteiger partial charge in [-0.05, 0) is 49.2 Å². The van der Waals surface area contributed by atoms with Crippen LogP contribution in [0.15, 0.2) is 48.8 Å². The summed E-state index contributed by atoms with van der Waals surface area (Å²) >= 11 is 6.52. The van der Waals surface area contributed by atoms with E-state index in [2.05, 4.69) is 9.97 Å². The van der Waals surface area contributed by atoms with E-state index < -0.39 is 0 Å². The number of carbonyl (C=O) groups excluding carboxylic acids is 1. The largest absolute Gasteiger partial charge is 0.497 e. The highest BCUT2D eigenvalue weighted by Crippen LogP contribution is 2.29. The lowest BCUT2D eigenvalue weighted by Gasteiger charge is -2.34. The molecule has 29 heavy (non-hydrogen) atoms. The smallest absolute Gasteiger partial charge is 0.254 e. The summed E-state index contributed by atoms with van der Waals surface area (Å²) in [6, 6.07) is 11.5. The van der Waals surface area contributed by atoms with Gasteiger partial charge < -0.3 is 9.64 Å².